The van der Waals surface area contributed by atoms with Gasteiger partial charge in [0.2, 0.25) is 5.91 Å². The van der Waals surface area contributed by atoms with E-state index in [2.05, 4.69) is 4.98 Å². The smallest absolute Gasteiger partial charge is 0.222 e. The molecule has 16 heavy (non-hydrogen) atoms. The van der Waals surface area contributed by atoms with E-state index in [1.165, 1.54) is 0 Å². The predicted molar refractivity (Wildman–Crippen MR) is 61.7 cm³/mol. The largest absolute Gasteiger partial charge is 0.341 e. The molecule has 0 spiro atoms. The Labute approximate surface area is 95.5 Å². The van der Waals surface area contributed by atoms with Gasteiger partial charge in [-0.1, -0.05) is 0 Å². The third kappa shape index (κ3) is 2.79. The van der Waals surface area contributed by atoms with Crippen LogP contribution >= 0.6 is 0 Å². The second-order valence-corrected chi connectivity index (χ2v) is 4.24. The van der Waals surface area contributed by atoms with E-state index in [-0.39, 0.29) is 11.9 Å². The van der Waals surface area contributed by atoms with Crippen LogP contribution in [0.2, 0.25) is 0 Å². The summed E-state index contributed by atoms with van der Waals surface area (Å²) in [5.41, 5.74) is 6.93. The third-order valence-corrected chi connectivity index (χ3v) is 2.95. The van der Waals surface area contributed by atoms with Crippen molar-refractivity contribution in [1.29, 1.82) is 0 Å². The van der Waals surface area contributed by atoms with E-state index in [0.717, 1.165) is 31.5 Å². The Kier molecular flexibility index (Phi) is 3.51. The Morgan fingerprint density at radius 1 is 1.50 bits per heavy atom. The molecular formula is C12H17N3O. The zero-order valence-corrected chi connectivity index (χ0v) is 9.30. The van der Waals surface area contributed by atoms with Gasteiger partial charge in [-0.2, -0.15) is 0 Å². The molecule has 1 aliphatic heterocycles. The van der Waals surface area contributed by atoms with Crippen LogP contribution in [0.15, 0.2) is 24.5 Å². The molecule has 0 aromatic carbocycles. The average molecular weight is 219 g/mol. The average Bonchev–Trinajstić information content (AvgIpc) is 2.74. The molecule has 0 radical (unpaired) electrons. The first-order valence-electron chi connectivity index (χ1n) is 5.68. The van der Waals surface area contributed by atoms with Crippen LogP contribution in [0, 0.1) is 0 Å². The van der Waals surface area contributed by atoms with Crippen LogP contribution < -0.4 is 5.73 Å². The molecule has 2 rings (SSSR count). The van der Waals surface area contributed by atoms with Crippen LogP contribution in [0.4, 0.5) is 0 Å². The molecule has 1 atom stereocenters. The molecule has 0 saturated carbocycles. The van der Waals surface area contributed by atoms with Gasteiger partial charge < -0.3 is 10.6 Å². The number of nitrogens with zero attached hydrogens (tertiary/aromatic N) is 2. The lowest BCUT2D eigenvalue weighted by Gasteiger charge is -2.15. The molecular weight excluding hydrogens is 202 g/mol. The summed E-state index contributed by atoms with van der Waals surface area (Å²) in [7, 11) is 0. The number of nitrogens with two attached hydrogens (primary N) is 1. The molecule has 1 aliphatic rings. The van der Waals surface area contributed by atoms with E-state index in [0.29, 0.717) is 6.42 Å². The molecule has 4 heteroatoms. The maximum Gasteiger partial charge on any atom is 0.222 e. The van der Waals surface area contributed by atoms with Gasteiger partial charge >= 0.3 is 0 Å². The molecule has 1 aromatic heterocycles. The van der Waals surface area contributed by atoms with Crippen molar-refractivity contribution in [2.45, 2.75) is 25.3 Å². The number of aromatic nitrogens is 1. The van der Waals surface area contributed by atoms with Gasteiger partial charge in [-0.3, -0.25) is 9.78 Å². The summed E-state index contributed by atoms with van der Waals surface area (Å²) in [6, 6.07) is 4.07. The first-order valence-corrected chi connectivity index (χ1v) is 5.68. The third-order valence-electron chi connectivity index (χ3n) is 2.95. The fourth-order valence-corrected chi connectivity index (χ4v) is 1.97. The highest BCUT2D eigenvalue weighted by Gasteiger charge is 2.22. The van der Waals surface area contributed by atoms with Crippen molar-refractivity contribution in [3.05, 3.63) is 30.1 Å². The van der Waals surface area contributed by atoms with E-state index in [1.54, 1.807) is 12.4 Å². The second-order valence-electron chi connectivity index (χ2n) is 4.24. The van der Waals surface area contributed by atoms with E-state index >= 15 is 0 Å². The van der Waals surface area contributed by atoms with Gasteiger partial charge in [-0.25, -0.2) is 0 Å². The highest BCUT2D eigenvalue weighted by molar-refractivity contribution is 5.76. The van der Waals surface area contributed by atoms with E-state index < -0.39 is 0 Å². The minimum atomic E-state index is 0.171. The first-order chi connectivity index (χ1) is 7.75. The first kappa shape index (κ1) is 11.1. The number of carbonyl (C=O) groups is 1. The maximum atomic E-state index is 11.8. The lowest BCUT2D eigenvalue weighted by molar-refractivity contribution is -0.130. The number of hydrogen-bond acceptors (Lipinski definition) is 3. The summed E-state index contributed by atoms with van der Waals surface area (Å²) in [4.78, 5) is 17.6. The zero-order valence-electron chi connectivity index (χ0n) is 9.30. The van der Waals surface area contributed by atoms with E-state index in [4.69, 9.17) is 5.73 Å². The minimum Gasteiger partial charge on any atom is -0.341 e. The van der Waals surface area contributed by atoms with Crippen molar-refractivity contribution in [2.24, 2.45) is 5.73 Å². The van der Waals surface area contributed by atoms with Crippen LogP contribution in [-0.2, 0) is 11.2 Å². The quantitative estimate of drug-likeness (QED) is 0.808. The van der Waals surface area contributed by atoms with Crippen LogP contribution in [-0.4, -0.2) is 34.9 Å². The zero-order chi connectivity index (χ0) is 11.4. The van der Waals surface area contributed by atoms with Crippen molar-refractivity contribution < 1.29 is 4.79 Å². The number of pyridine rings is 1. The van der Waals surface area contributed by atoms with Gasteiger partial charge in [0.15, 0.2) is 0 Å². The Hall–Kier alpha value is -1.42. The van der Waals surface area contributed by atoms with Crippen LogP contribution in [0.25, 0.3) is 0 Å². The maximum absolute atomic E-state index is 11.8. The summed E-state index contributed by atoms with van der Waals surface area (Å²) >= 11 is 0. The van der Waals surface area contributed by atoms with Crippen LogP contribution in [0.3, 0.4) is 0 Å². The molecule has 1 amide bonds. The fraction of sp³-hybridized carbons (Fsp3) is 0.500. The Bertz CT molecular complexity index is 353. The van der Waals surface area contributed by atoms with E-state index in [9.17, 15) is 4.79 Å². The molecule has 86 valence electrons. The Morgan fingerprint density at radius 2 is 2.25 bits per heavy atom. The van der Waals surface area contributed by atoms with Gasteiger partial charge in [0.25, 0.3) is 0 Å². The van der Waals surface area contributed by atoms with E-state index in [1.807, 2.05) is 17.0 Å². The number of likely N-dealkylation sites (tertiary alicyclic amines) is 1. The molecule has 2 heterocycles. The standard InChI is InChI=1S/C12H17N3O/c13-11-5-8-15(9-11)12(16)2-1-10-3-6-14-7-4-10/h3-4,6-7,11H,1-2,5,8-9,13H2/t11-/m0/s1. The van der Waals surface area contributed by atoms with Gasteiger partial charge in [0.1, 0.15) is 0 Å². The topological polar surface area (TPSA) is 59.2 Å². The Balaban J connectivity index is 1.80. The normalized spacial score (nSPS) is 20.1. The van der Waals surface area contributed by atoms with Crippen molar-refractivity contribution in [1.82, 2.24) is 9.88 Å². The number of aryl methyl sites for hydroxylation is 1. The van der Waals surface area contributed by atoms with Crippen LogP contribution in [0.5, 0.6) is 0 Å². The molecule has 0 unspecified atom stereocenters. The summed E-state index contributed by atoms with van der Waals surface area (Å²) in [6.07, 6.45) is 5.79. The lowest BCUT2D eigenvalue weighted by atomic mass is 10.1. The summed E-state index contributed by atoms with van der Waals surface area (Å²) < 4.78 is 0. The van der Waals surface area contributed by atoms with Crippen molar-refractivity contribution in [2.75, 3.05) is 13.1 Å². The summed E-state index contributed by atoms with van der Waals surface area (Å²) in [5, 5.41) is 0. The van der Waals surface area contributed by atoms with Crippen molar-refractivity contribution in [3.8, 4) is 0 Å². The summed E-state index contributed by atoms with van der Waals surface area (Å²) in [5.74, 6) is 0.213. The minimum absolute atomic E-state index is 0.171. The second kappa shape index (κ2) is 5.07. The molecule has 4 nitrogen and oxygen atoms in total. The van der Waals surface area contributed by atoms with Gasteiger partial charge in [0.05, 0.1) is 0 Å². The van der Waals surface area contributed by atoms with Gasteiger partial charge in [-0.15, -0.1) is 0 Å². The molecule has 0 aliphatic carbocycles. The molecule has 2 N–H and O–H groups in total. The van der Waals surface area contributed by atoms with Crippen molar-refractivity contribution in [3.63, 3.8) is 0 Å². The number of hydrogen-bond donors (Lipinski definition) is 1. The van der Waals surface area contributed by atoms with Gasteiger partial charge in [-0.05, 0) is 30.5 Å². The van der Waals surface area contributed by atoms with Gasteiger partial charge in [0, 0.05) is 37.9 Å². The molecule has 1 fully saturated rings. The van der Waals surface area contributed by atoms with Crippen molar-refractivity contribution >= 4 is 5.91 Å². The highest BCUT2D eigenvalue weighted by atomic mass is 16.2. The number of carbonyl (C=O) groups excluding carboxylic acids is 1. The Morgan fingerprint density at radius 3 is 2.88 bits per heavy atom. The number of amides is 1. The predicted octanol–water partition coefficient (Wildman–Crippen LogP) is 0.574. The molecule has 1 aromatic rings. The highest BCUT2D eigenvalue weighted by Crippen LogP contribution is 2.10. The number of rotatable bonds is 3. The SMILES string of the molecule is N[C@H]1CCN(C(=O)CCc2ccncc2)C1. The van der Waals surface area contributed by atoms with Crippen LogP contribution in [0.1, 0.15) is 18.4 Å². The summed E-state index contributed by atoms with van der Waals surface area (Å²) in [6.45, 7) is 1.53. The molecule has 0 bridgehead atoms. The monoisotopic (exact) mass is 219 g/mol. The lowest BCUT2D eigenvalue weighted by Crippen LogP contribution is -2.31. The fourth-order valence-electron chi connectivity index (χ4n) is 1.97. The molecule has 1 saturated heterocycles.